The van der Waals surface area contributed by atoms with Crippen molar-refractivity contribution in [3.8, 4) is 28.0 Å². The molecule has 0 aliphatic heterocycles. The summed E-state index contributed by atoms with van der Waals surface area (Å²) >= 11 is 5.29. The second kappa shape index (κ2) is 10.4. The minimum absolute atomic E-state index is 0.196. The molecule has 5 rings (SSSR count). The summed E-state index contributed by atoms with van der Waals surface area (Å²) in [5.41, 5.74) is -0.424. The fraction of sp³-hybridized carbons (Fsp3) is 0.200. The van der Waals surface area contributed by atoms with Crippen LogP contribution in [-0.4, -0.2) is 0 Å². The zero-order valence-electron chi connectivity index (χ0n) is 20.7. The van der Waals surface area contributed by atoms with Gasteiger partial charge < -0.3 is 4.74 Å². The molecule has 4 aromatic rings. The summed E-state index contributed by atoms with van der Waals surface area (Å²) in [5.74, 6) is -9.61. The number of alkyl halides is 2. The fourth-order valence-electron chi connectivity index (χ4n) is 4.98. The van der Waals surface area contributed by atoms with Gasteiger partial charge in [-0.05, 0) is 70.8 Å². The lowest BCUT2D eigenvalue weighted by Gasteiger charge is -2.20. The first-order valence-corrected chi connectivity index (χ1v) is 12.6. The van der Waals surface area contributed by atoms with Crippen LogP contribution >= 0.6 is 11.6 Å². The van der Waals surface area contributed by atoms with Gasteiger partial charge in [0, 0.05) is 12.1 Å². The lowest BCUT2D eigenvalue weighted by Crippen LogP contribution is -2.25. The summed E-state index contributed by atoms with van der Waals surface area (Å²) in [6, 6.07) is 8.74. The van der Waals surface area contributed by atoms with E-state index in [2.05, 4.69) is 11.7 Å². The minimum atomic E-state index is -4.76. The molecule has 0 aromatic heterocycles. The van der Waals surface area contributed by atoms with Gasteiger partial charge in [-0.1, -0.05) is 43.1 Å². The molecule has 1 atom stereocenters. The van der Waals surface area contributed by atoms with Crippen LogP contribution in [-0.2, 0) is 19.0 Å². The van der Waals surface area contributed by atoms with E-state index in [1.165, 1.54) is 5.56 Å². The van der Waals surface area contributed by atoms with E-state index < -0.39 is 68.5 Å². The maximum atomic E-state index is 15.1. The molecule has 0 heterocycles. The Labute approximate surface area is 229 Å². The molecule has 0 saturated carbocycles. The Morgan fingerprint density at radius 1 is 0.700 bits per heavy atom. The Bertz CT molecular complexity index is 1570. The molecule has 0 bridgehead atoms. The average molecular weight is 583 g/mol. The van der Waals surface area contributed by atoms with Crippen molar-refractivity contribution in [2.24, 2.45) is 5.92 Å². The van der Waals surface area contributed by atoms with E-state index >= 15 is 8.78 Å². The van der Waals surface area contributed by atoms with E-state index in [9.17, 15) is 26.3 Å². The van der Waals surface area contributed by atoms with Crippen LogP contribution in [0.3, 0.4) is 0 Å². The number of hydrogen-bond donors (Lipinski definition) is 0. The zero-order valence-corrected chi connectivity index (χ0v) is 21.5. The first-order chi connectivity index (χ1) is 18.9. The smallest absolute Gasteiger partial charge is 0.429 e. The number of ether oxygens (including phenoxy) is 1. The fourth-order valence-corrected chi connectivity index (χ4v) is 5.09. The van der Waals surface area contributed by atoms with Crippen LogP contribution < -0.4 is 4.74 Å². The Hall–Kier alpha value is -3.59. The van der Waals surface area contributed by atoms with Crippen LogP contribution in [0, 0.1) is 40.8 Å². The predicted molar refractivity (Wildman–Crippen MR) is 134 cm³/mol. The van der Waals surface area contributed by atoms with Crippen molar-refractivity contribution in [1.82, 2.24) is 0 Å². The molecule has 0 radical (unpaired) electrons. The topological polar surface area (TPSA) is 9.23 Å². The number of benzene rings is 4. The van der Waals surface area contributed by atoms with Crippen LogP contribution in [0.2, 0.25) is 5.02 Å². The molecule has 4 aromatic carbocycles. The summed E-state index contributed by atoms with van der Waals surface area (Å²) in [7, 11) is 0. The second-order valence-corrected chi connectivity index (χ2v) is 9.99. The van der Waals surface area contributed by atoms with Crippen molar-refractivity contribution < 1.29 is 39.9 Å². The average Bonchev–Trinajstić information content (AvgIpc) is 3.28. The zero-order chi connectivity index (χ0) is 28.9. The number of rotatable bonds is 6. The van der Waals surface area contributed by atoms with Crippen LogP contribution in [0.1, 0.15) is 30.0 Å². The molecule has 1 aliphatic carbocycles. The highest BCUT2D eigenvalue weighted by atomic mass is 35.5. The van der Waals surface area contributed by atoms with E-state index in [0.29, 0.717) is 35.7 Å². The van der Waals surface area contributed by atoms with Gasteiger partial charge in [-0.2, -0.15) is 8.78 Å². The molecule has 0 N–H and O–H groups in total. The highest BCUT2D eigenvalue weighted by molar-refractivity contribution is 6.30. The van der Waals surface area contributed by atoms with E-state index in [4.69, 9.17) is 11.6 Å². The number of halogens is 9. The van der Waals surface area contributed by atoms with Crippen LogP contribution in [0.5, 0.6) is 5.75 Å². The standard InChI is InChI=1S/C30H19ClF8O/c1-2-14-5-15-3-4-16(7-17(15)6-14)18-8-21(32)27(22(33)9-18)19-10-23(34)28(24(35)11-19)30(38,39)40-20-12-25(36)29(31)26(37)13-20/h3-4,7-14H,2,5-6H2,1H3. The number of hydrogen-bond acceptors (Lipinski definition) is 1. The van der Waals surface area contributed by atoms with Gasteiger partial charge in [0.15, 0.2) is 0 Å². The van der Waals surface area contributed by atoms with E-state index in [1.54, 1.807) is 6.07 Å². The molecule has 40 heavy (non-hydrogen) atoms. The summed E-state index contributed by atoms with van der Waals surface area (Å²) in [6.07, 6.45) is -1.98. The SMILES string of the molecule is CCC1Cc2ccc(-c3cc(F)c(-c4cc(F)c(C(F)(F)Oc5cc(F)c(Cl)c(F)c5)c(F)c4)c(F)c3)cc2C1. The molecule has 10 heteroatoms. The number of fused-ring (bicyclic) bond motifs is 1. The van der Waals surface area contributed by atoms with Crippen LogP contribution in [0.4, 0.5) is 35.1 Å². The van der Waals surface area contributed by atoms with Crippen molar-refractivity contribution in [3.05, 3.63) is 111 Å². The molecule has 1 aliphatic rings. The van der Waals surface area contributed by atoms with Gasteiger partial charge in [-0.25, -0.2) is 26.3 Å². The third kappa shape index (κ3) is 5.14. The van der Waals surface area contributed by atoms with Crippen molar-refractivity contribution in [3.63, 3.8) is 0 Å². The second-order valence-electron chi connectivity index (χ2n) is 9.62. The molecule has 0 saturated heterocycles. The van der Waals surface area contributed by atoms with Crippen molar-refractivity contribution in [1.29, 1.82) is 0 Å². The Morgan fingerprint density at radius 2 is 1.25 bits per heavy atom. The summed E-state index contributed by atoms with van der Waals surface area (Å²) < 4.78 is 121. The van der Waals surface area contributed by atoms with Crippen LogP contribution in [0.25, 0.3) is 22.3 Å². The van der Waals surface area contributed by atoms with Crippen molar-refractivity contribution >= 4 is 11.6 Å². The van der Waals surface area contributed by atoms with Crippen molar-refractivity contribution in [2.75, 3.05) is 0 Å². The van der Waals surface area contributed by atoms with E-state index in [-0.39, 0.29) is 5.56 Å². The molecular weight excluding hydrogens is 564 g/mol. The first-order valence-electron chi connectivity index (χ1n) is 12.2. The molecule has 1 nitrogen and oxygen atoms in total. The van der Waals surface area contributed by atoms with E-state index in [0.717, 1.165) is 37.0 Å². The van der Waals surface area contributed by atoms with E-state index in [1.807, 2.05) is 12.1 Å². The highest BCUT2D eigenvalue weighted by Crippen LogP contribution is 2.40. The first kappa shape index (κ1) is 28.0. The Morgan fingerprint density at radius 3 is 1.82 bits per heavy atom. The molecule has 1 unspecified atom stereocenters. The van der Waals surface area contributed by atoms with Gasteiger partial charge in [0.2, 0.25) is 0 Å². The molecule has 0 fully saturated rings. The van der Waals surface area contributed by atoms with Gasteiger partial charge in [0.05, 0.1) is 5.56 Å². The predicted octanol–water partition coefficient (Wildman–Crippen LogP) is 9.76. The Kier molecular flexibility index (Phi) is 7.29. The molecule has 208 valence electrons. The third-order valence-electron chi connectivity index (χ3n) is 7.00. The minimum Gasteiger partial charge on any atom is -0.429 e. The third-order valence-corrected chi connectivity index (χ3v) is 7.36. The molecule has 0 spiro atoms. The van der Waals surface area contributed by atoms with Gasteiger partial charge in [-0.3, -0.25) is 0 Å². The van der Waals surface area contributed by atoms with Gasteiger partial charge in [0.25, 0.3) is 0 Å². The monoisotopic (exact) mass is 582 g/mol. The van der Waals surface area contributed by atoms with Crippen LogP contribution in [0.15, 0.2) is 54.6 Å². The van der Waals surface area contributed by atoms with Gasteiger partial charge >= 0.3 is 6.11 Å². The molecule has 0 amide bonds. The quantitative estimate of drug-likeness (QED) is 0.162. The Balaban J connectivity index is 1.47. The molecular formula is C30H19ClF8O. The lowest BCUT2D eigenvalue weighted by molar-refractivity contribution is -0.189. The van der Waals surface area contributed by atoms with Gasteiger partial charge in [0.1, 0.15) is 51.2 Å². The highest BCUT2D eigenvalue weighted by Gasteiger charge is 2.42. The lowest BCUT2D eigenvalue weighted by atomic mass is 9.96. The maximum Gasteiger partial charge on any atom is 0.432 e. The van der Waals surface area contributed by atoms with Gasteiger partial charge in [-0.15, -0.1) is 0 Å². The summed E-state index contributed by atoms with van der Waals surface area (Å²) in [4.78, 5) is 0. The summed E-state index contributed by atoms with van der Waals surface area (Å²) in [5, 5.41) is -0.992. The maximum absolute atomic E-state index is 15.1. The normalized spacial score (nSPS) is 14.9. The summed E-state index contributed by atoms with van der Waals surface area (Å²) in [6.45, 7) is 2.09. The van der Waals surface area contributed by atoms with Crippen molar-refractivity contribution in [2.45, 2.75) is 32.3 Å². The largest absolute Gasteiger partial charge is 0.432 e.